The molecule has 0 radical (unpaired) electrons. The van der Waals surface area contributed by atoms with Gasteiger partial charge in [0.25, 0.3) is 10.0 Å². The number of likely N-dealkylation sites (tertiary alicyclic amines) is 1. The Morgan fingerprint density at radius 3 is 2.76 bits per heavy atom. The quantitative estimate of drug-likeness (QED) is 0.789. The van der Waals surface area contributed by atoms with Crippen molar-refractivity contribution >= 4 is 10.0 Å². The van der Waals surface area contributed by atoms with Gasteiger partial charge in [-0.05, 0) is 32.0 Å². The highest BCUT2D eigenvalue weighted by atomic mass is 32.2. The first-order valence-corrected chi connectivity index (χ1v) is 7.38. The van der Waals surface area contributed by atoms with Crippen molar-refractivity contribution in [3.8, 4) is 0 Å². The van der Waals surface area contributed by atoms with Crippen molar-refractivity contribution in [2.45, 2.75) is 24.3 Å². The lowest BCUT2D eigenvalue weighted by molar-refractivity contribution is 0.232. The third kappa shape index (κ3) is 3.52. The molecule has 0 amide bonds. The van der Waals surface area contributed by atoms with Crippen LogP contribution in [0.4, 0.5) is 0 Å². The second kappa shape index (κ2) is 5.61. The van der Waals surface area contributed by atoms with Gasteiger partial charge in [0.15, 0.2) is 5.03 Å². The van der Waals surface area contributed by atoms with Gasteiger partial charge in [-0.2, -0.15) is 5.10 Å². The van der Waals surface area contributed by atoms with Gasteiger partial charge in [0, 0.05) is 13.1 Å². The third-order valence-electron chi connectivity index (χ3n) is 2.93. The number of hydrogen-bond donors (Lipinski definition) is 2. The number of nitrogens with zero attached hydrogens (tertiary/aromatic N) is 2. The molecule has 0 aliphatic carbocycles. The van der Waals surface area contributed by atoms with Crippen molar-refractivity contribution in [3.05, 3.63) is 12.3 Å². The van der Waals surface area contributed by atoms with E-state index in [1.807, 2.05) is 0 Å². The molecule has 1 aromatic heterocycles. The maximum atomic E-state index is 11.7. The van der Waals surface area contributed by atoms with Crippen LogP contribution < -0.4 is 4.72 Å². The summed E-state index contributed by atoms with van der Waals surface area (Å²) in [7, 11) is -3.41. The van der Waals surface area contributed by atoms with Crippen LogP contribution in [0.15, 0.2) is 17.3 Å². The van der Waals surface area contributed by atoms with Crippen LogP contribution in [0.25, 0.3) is 0 Å². The highest BCUT2D eigenvalue weighted by Crippen LogP contribution is 2.07. The summed E-state index contributed by atoms with van der Waals surface area (Å²) in [6.45, 7) is 3.37. The molecule has 1 aliphatic heterocycles. The van der Waals surface area contributed by atoms with Gasteiger partial charge in [-0.3, -0.25) is 5.10 Å². The lowest BCUT2D eigenvalue weighted by atomic mass is 10.1. The number of H-pyrrole nitrogens is 1. The predicted molar refractivity (Wildman–Crippen MR) is 64.1 cm³/mol. The molecule has 0 unspecified atom stereocenters. The SMILES string of the molecule is O=S(=O)(NCCN1CCCCC1)c1ccn[nH]1. The highest BCUT2D eigenvalue weighted by molar-refractivity contribution is 7.89. The highest BCUT2D eigenvalue weighted by Gasteiger charge is 2.16. The van der Waals surface area contributed by atoms with E-state index in [-0.39, 0.29) is 5.03 Å². The van der Waals surface area contributed by atoms with Crippen molar-refractivity contribution in [2.24, 2.45) is 0 Å². The van der Waals surface area contributed by atoms with Crippen molar-refractivity contribution in [2.75, 3.05) is 26.2 Å². The lowest BCUT2D eigenvalue weighted by Crippen LogP contribution is -2.37. The summed E-state index contributed by atoms with van der Waals surface area (Å²) in [6, 6.07) is 1.45. The molecule has 2 heterocycles. The Morgan fingerprint density at radius 1 is 1.35 bits per heavy atom. The number of nitrogens with one attached hydrogen (secondary N) is 2. The van der Waals surface area contributed by atoms with E-state index in [2.05, 4.69) is 19.8 Å². The molecule has 96 valence electrons. The standard InChI is InChI=1S/C10H18N4O2S/c15-17(16,10-4-5-11-13-10)12-6-9-14-7-2-1-3-8-14/h4-5,12H,1-3,6-9H2,(H,11,13). The van der Waals surface area contributed by atoms with E-state index in [4.69, 9.17) is 0 Å². The Morgan fingerprint density at radius 2 is 2.12 bits per heavy atom. The van der Waals surface area contributed by atoms with Gasteiger partial charge in [-0.15, -0.1) is 0 Å². The normalized spacial score (nSPS) is 18.4. The summed E-state index contributed by atoms with van der Waals surface area (Å²) in [6.07, 6.45) is 5.15. The Hall–Kier alpha value is -0.920. The van der Waals surface area contributed by atoms with E-state index in [9.17, 15) is 8.42 Å². The topological polar surface area (TPSA) is 78.1 Å². The van der Waals surface area contributed by atoms with Crippen LogP contribution in [0.1, 0.15) is 19.3 Å². The molecule has 1 fully saturated rings. The van der Waals surface area contributed by atoms with Crippen LogP contribution in [0, 0.1) is 0 Å². The minimum absolute atomic E-state index is 0.121. The monoisotopic (exact) mass is 258 g/mol. The van der Waals surface area contributed by atoms with E-state index >= 15 is 0 Å². The molecule has 2 N–H and O–H groups in total. The van der Waals surface area contributed by atoms with Gasteiger partial charge in [0.2, 0.25) is 0 Å². The number of rotatable bonds is 5. The minimum Gasteiger partial charge on any atom is -0.302 e. The van der Waals surface area contributed by atoms with Crippen LogP contribution in [0.5, 0.6) is 0 Å². The molecule has 0 aromatic carbocycles. The molecule has 6 nitrogen and oxygen atoms in total. The maximum Gasteiger partial charge on any atom is 0.257 e. The summed E-state index contributed by atoms with van der Waals surface area (Å²) in [5.74, 6) is 0. The molecule has 0 atom stereocenters. The fraction of sp³-hybridized carbons (Fsp3) is 0.700. The van der Waals surface area contributed by atoms with Crippen molar-refractivity contribution in [1.29, 1.82) is 0 Å². The molecule has 0 bridgehead atoms. The van der Waals surface area contributed by atoms with Crippen LogP contribution in [0.3, 0.4) is 0 Å². The van der Waals surface area contributed by atoms with Gasteiger partial charge in [0.05, 0.1) is 6.20 Å². The number of aromatic nitrogens is 2. The van der Waals surface area contributed by atoms with E-state index in [1.165, 1.54) is 31.5 Å². The molecule has 1 aromatic rings. The van der Waals surface area contributed by atoms with E-state index in [0.29, 0.717) is 6.54 Å². The van der Waals surface area contributed by atoms with Crippen LogP contribution in [-0.4, -0.2) is 49.7 Å². The molecule has 1 saturated heterocycles. The van der Waals surface area contributed by atoms with E-state index in [1.54, 1.807) is 0 Å². The van der Waals surface area contributed by atoms with Gasteiger partial charge >= 0.3 is 0 Å². The van der Waals surface area contributed by atoms with E-state index in [0.717, 1.165) is 19.6 Å². The van der Waals surface area contributed by atoms with Gasteiger partial charge in [0.1, 0.15) is 0 Å². The smallest absolute Gasteiger partial charge is 0.257 e. The maximum absolute atomic E-state index is 11.7. The second-order valence-electron chi connectivity index (χ2n) is 4.22. The van der Waals surface area contributed by atoms with Crippen LogP contribution in [0.2, 0.25) is 0 Å². The number of aromatic amines is 1. The van der Waals surface area contributed by atoms with Crippen molar-refractivity contribution in [3.63, 3.8) is 0 Å². The molecular formula is C10H18N4O2S. The largest absolute Gasteiger partial charge is 0.302 e. The summed E-state index contributed by atoms with van der Waals surface area (Å²) < 4.78 is 26.0. The first-order chi connectivity index (χ1) is 8.18. The molecule has 7 heteroatoms. The summed E-state index contributed by atoms with van der Waals surface area (Å²) >= 11 is 0. The minimum atomic E-state index is -3.41. The van der Waals surface area contributed by atoms with Gasteiger partial charge in [-0.25, -0.2) is 13.1 Å². The number of sulfonamides is 1. The molecule has 17 heavy (non-hydrogen) atoms. The van der Waals surface area contributed by atoms with Crippen molar-refractivity contribution in [1.82, 2.24) is 19.8 Å². The molecule has 1 aliphatic rings. The zero-order valence-corrected chi connectivity index (χ0v) is 10.5. The third-order valence-corrected chi connectivity index (χ3v) is 4.32. The molecule has 2 rings (SSSR count). The Labute approximate surface area is 101 Å². The number of hydrogen-bond acceptors (Lipinski definition) is 4. The zero-order valence-electron chi connectivity index (χ0n) is 9.72. The zero-order chi connectivity index (χ0) is 12.1. The molecule has 0 spiro atoms. The first-order valence-electron chi connectivity index (χ1n) is 5.90. The predicted octanol–water partition coefficient (Wildman–Crippen LogP) is 0.174. The fourth-order valence-electron chi connectivity index (χ4n) is 1.99. The van der Waals surface area contributed by atoms with Crippen LogP contribution in [-0.2, 0) is 10.0 Å². The Kier molecular flexibility index (Phi) is 4.14. The average molecular weight is 258 g/mol. The average Bonchev–Trinajstić information content (AvgIpc) is 2.84. The number of piperidine rings is 1. The van der Waals surface area contributed by atoms with Gasteiger partial charge in [-0.1, -0.05) is 6.42 Å². The fourth-order valence-corrected chi connectivity index (χ4v) is 2.92. The Balaban J connectivity index is 1.78. The molecular weight excluding hydrogens is 240 g/mol. The van der Waals surface area contributed by atoms with Crippen molar-refractivity contribution < 1.29 is 8.42 Å². The first kappa shape index (κ1) is 12.5. The Bertz CT molecular complexity index is 423. The summed E-state index contributed by atoms with van der Waals surface area (Å²) in [5, 5.41) is 6.21. The molecule has 0 saturated carbocycles. The summed E-state index contributed by atoms with van der Waals surface area (Å²) in [5.41, 5.74) is 0. The van der Waals surface area contributed by atoms with E-state index < -0.39 is 10.0 Å². The van der Waals surface area contributed by atoms with Gasteiger partial charge < -0.3 is 4.90 Å². The summed E-state index contributed by atoms with van der Waals surface area (Å²) in [4.78, 5) is 2.29. The lowest BCUT2D eigenvalue weighted by Gasteiger charge is -2.26. The second-order valence-corrected chi connectivity index (χ2v) is 5.96. The van der Waals surface area contributed by atoms with Crippen LogP contribution >= 0.6 is 0 Å².